The van der Waals surface area contributed by atoms with Crippen LogP contribution in [0.5, 0.6) is 0 Å². The summed E-state index contributed by atoms with van der Waals surface area (Å²) in [6.45, 7) is 8.39. The van der Waals surface area contributed by atoms with Gasteiger partial charge in [0.2, 0.25) is 0 Å². The van der Waals surface area contributed by atoms with Crippen molar-refractivity contribution in [1.82, 2.24) is 4.98 Å². The van der Waals surface area contributed by atoms with Crippen LogP contribution in [0.1, 0.15) is 32.2 Å². The summed E-state index contributed by atoms with van der Waals surface area (Å²) in [5.74, 6) is 0.716. The number of fused-ring (bicyclic) bond motifs is 1. The Labute approximate surface area is 97.8 Å². The quantitative estimate of drug-likeness (QED) is 0.715. The summed E-state index contributed by atoms with van der Waals surface area (Å²) in [7, 11) is 0. The molecule has 1 aromatic heterocycles. The predicted molar refractivity (Wildman–Crippen MR) is 65.1 cm³/mol. The maximum absolute atomic E-state index is 5.65. The molecule has 0 bridgehead atoms. The highest BCUT2D eigenvalue weighted by Gasteiger charge is 2.20. The molecule has 0 fully saturated rings. The van der Waals surface area contributed by atoms with Crippen molar-refractivity contribution in [3.05, 3.63) is 28.1 Å². The van der Waals surface area contributed by atoms with Crippen LogP contribution >= 0.6 is 15.9 Å². The Bertz CT molecular complexity index is 508. The second kappa shape index (κ2) is 3.34. The first-order valence-corrected chi connectivity index (χ1v) is 5.74. The van der Waals surface area contributed by atoms with Gasteiger partial charge in [-0.15, -0.1) is 0 Å². The fourth-order valence-electron chi connectivity index (χ4n) is 1.67. The maximum Gasteiger partial charge on any atom is 0.192 e. The van der Waals surface area contributed by atoms with E-state index in [1.165, 1.54) is 5.56 Å². The Balaban J connectivity index is 2.82. The lowest BCUT2D eigenvalue weighted by Crippen LogP contribution is -2.11. The summed E-state index contributed by atoms with van der Waals surface area (Å²) in [5, 5.41) is 0. The summed E-state index contributed by atoms with van der Waals surface area (Å²) in [5.41, 5.74) is 3.08. The van der Waals surface area contributed by atoms with Crippen molar-refractivity contribution in [2.75, 3.05) is 0 Å². The average molecular weight is 268 g/mol. The summed E-state index contributed by atoms with van der Waals surface area (Å²) >= 11 is 3.50. The normalized spacial score (nSPS) is 12.3. The van der Waals surface area contributed by atoms with Gasteiger partial charge in [0.15, 0.2) is 11.5 Å². The first kappa shape index (κ1) is 10.7. The van der Waals surface area contributed by atoms with Gasteiger partial charge in [0.1, 0.15) is 5.52 Å². The van der Waals surface area contributed by atoms with Crippen LogP contribution < -0.4 is 0 Å². The van der Waals surface area contributed by atoms with E-state index in [2.05, 4.69) is 47.8 Å². The van der Waals surface area contributed by atoms with E-state index in [9.17, 15) is 0 Å². The highest BCUT2D eigenvalue weighted by molar-refractivity contribution is 9.10. The van der Waals surface area contributed by atoms with Crippen LogP contribution in [-0.4, -0.2) is 4.98 Å². The standard InChI is InChI=1S/C12H14BrNO/c1-7-14-10-6-8(13)5-9(11(10)15-7)12(2,3)4/h5-6H,1-4H3. The fourth-order valence-corrected chi connectivity index (χ4v) is 2.11. The molecular weight excluding hydrogens is 254 g/mol. The van der Waals surface area contributed by atoms with Gasteiger partial charge < -0.3 is 4.42 Å². The van der Waals surface area contributed by atoms with E-state index < -0.39 is 0 Å². The summed E-state index contributed by atoms with van der Waals surface area (Å²) in [6, 6.07) is 4.09. The molecule has 2 nitrogen and oxygen atoms in total. The smallest absolute Gasteiger partial charge is 0.192 e. The second-order valence-electron chi connectivity index (χ2n) is 4.78. The molecule has 0 radical (unpaired) electrons. The van der Waals surface area contributed by atoms with E-state index in [-0.39, 0.29) is 5.41 Å². The molecule has 2 rings (SSSR count). The number of rotatable bonds is 0. The van der Waals surface area contributed by atoms with Gasteiger partial charge in [-0.3, -0.25) is 0 Å². The Kier molecular flexibility index (Phi) is 2.38. The van der Waals surface area contributed by atoms with Gasteiger partial charge in [-0.2, -0.15) is 0 Å². The molecule has 0 atom stereocenters. The van der Waals surface area contributed by atoms with Gasteiger partial charge in [0.05, 0.1) is 0 Å². The van der Waals surface area contributed by atoms with Crippen molar-refractivity contribution < 1.29 is 4.42 Å². The van der Waals surface area contributed by atoms with E-state index >= 15 is 0 Å². The SMILES string of the molecule is Cc1nc2cc(Br)cc(C(C)(C)C)c2o1. The Hall–Kier alpha value is -0.830. The number of hydrogen-bond acceptors (Lipinski definition) is 2. The van der Waals surface area contributed by atoms with Gasteiger partial charge in [0.25, 0.3) is 0 Å². The largest absolute Gasteiger partial charge is 0.441 e. The number of aromatic nitrogens is 1. The molecule has 0 aliphatic rings. The third kappa shape index (κ3) is 1.93. The average Bonchev–Trinajstić information content (AvgIpc) is 2.41. The molecule has 0 saturated heterocycles. The molecule has 0 N–H and O–H groups in total. The van der Waals surface area contributed by atoms with Crippen LogP contribution in [0.25, 0.3) is 11.1 Å². The highest BCUT2D eigenvalue weighted by Crippen LogP contribution is 2.33. The Morgan fingerprint density at radius 2 is 1.93 bits per heavy atom. The molecule has 0 aliphatic carbocycles. The molecule has 1 aromatic carbocycles. The van der Waals surface area contributed by atoms with E-state index in [4.69, 9.17) is 4.42 Å². The molecular formula is C12H14BrNO. The van der Waals surface area contributed by atoms with Gasteiger partial charge in [0, 0.05) is 17.0 Å². The van der Waals surface area contributed by atoms with Gasteiger partial charge in [-0.25, -0.2) is 4.98 Å². The molecule has 3 heteroatoms. The van der Waals surface area contributed by atoms with E-state index in [0.29, 0.717) is 5.89 Å². The molecule has 0 amide bonds. The van der Waals surface area contributed by atoms with Crippen molar-refractivity contribution in [3.63, 3.8) is 0 Å². The van der Waals surface area contributed by atoms with Crippen LogP contribution in [0, 0.1) is 6.92 Å². The predicted octanol–water partition coefficient (Wildman–Crippen LogP) is 4.20. The van der Waals surface area contributed by atoms with Crippen LogP contribution in [0.4, 0.5) is 0 Å². The number of halogens is 1. The van der Waals surface area contributed by atoms with Crippen molar-refractivity contribution >= 4 is 27.0 Å². The minimum atomic E-state index is 0.0635. The van der Waals surface area contributed by atoms with Crippen molar-refractivity contribution in [2.24, 2.45) is 0 Å². The number of aryl methyl sites for hydroxylation is 1. The van der Waals surface area contributed by atoms with Crippen LogP contribution in [-0.2, 0) is 5.41 Å². The van der Waals surface area contributed by atoms with Crippen LogP contribution in [0.15, 0.2) is 21.0 Å². The topological polar surface area (TPSA) is 26.0 Å². The Morgan fingerprint density at radius 3 is 2.53 bits per heavy atom. The number of oxazole rings is 1. The molecule has 80 valence electrons. The second-order valence-corrected chi connectivity index (χ2v) is 5.70. The number of nitrogens with zero attached hydrogens (tertiary/aromatic N) is 1. The monoisotopic (exact) mass is 267 g/mol. The van der Waals surface area contributed by atoms with Gasteiger partial charge >= 0.3 is 0 Å². The molecule has 0 spiro atoms. The summed E-state index contributed by atoms with van der Waals surface area (Å²) < 4.78 is 6.70. The zero-order chi connectivity index (χ0) is 11.2. The van der Waals surface area contributed by atoms with Gasteiger partial charge in [-0.05, 0) is 17.5 Å². The van der Waals surface area contributed by atoms with Crippen molar-refractivity contribution in [1.29, 1.82) is 0 Å². The van der Waals surface area contributed by atoms with E-state index in [1.54, 1.807) is 0 Å². The Morgan fingerprint density at radius 1 is 1.27 bits per heavy atom. The molecule has 1 heterocycles. The van der Waals surface area contributed by atoms with Crippen LogP contribution in [0.2, 0.25) is 0 Å². The summed E-state index contributed by atoms with van der Waals surface area (Å²) in [6.07, 6.45) is 0. The lowest BCUT2D eigenvalue weighted by molar-refractivity contribution is 0.533. The van der Waals surface area contributed by atoms with Crippen molar-refractivity contribution in [2.45, 2.75) is 33.1 Å². The highest BCUT2D eigenvalue weighted by atomic mass is 79.9. The maximum atomic E-state index is 5.65. The minimum Gasteiger partial charge on any atom is -0.441 e. The molecule has 15 heavy (non-hydrogen) atoms. The lowest BCUT2D eigenvalue weighted by Gasteiger charge is -2.19. The first-order chi connectivity index (χ1) is 6.88. The van der Waals surface area contributed by atoms with E-state index in [1.807, 2.05) is 13.0 Å². The van der Waals surface area contributed by atoms with Crippen molar-refractivity contribution in [3.8, 4) is 0 Å². The van der Waals surface area contributed by atoms with Crippen LogP contribution in [0.3, 0.4) is 0 Å². The summed E-state index contributed by atoms with van der Waals surface area (Å²) in [4.78, 5) is 4.35. The lowest BCUT2D eigenvalue weighted by atomic mass is 9.86. The molecule has 2 aromatic rings. The third-order valence-electron chi connectivity index (χ3n) is 2.37. The zero-order valence-corrected chi connectivity index (χ0v) is 11.0. The van der Waals surface area contributed by atoms with Gasteiger partial charge in [-0.1, -0.05) is 36.7 Å². The molecule has 0 saturated carbocycles. The number of benzene rings is 1. The molecule has 0 unspecified atom stereocenters. The first-order valence-electron chi connectivity index (χ1n) is 4.95. The third-order valence-corrected chi connectivity index (χ3v) is 2.83. The molecule has 0 aliphatic heterocycles. The van der Waals surface area contributed by atoms with E-state index in [0.717, 1.165) is 15.6 Å². The minimum absolute atomic E-state index is 0.0635. The zero-order valence-electron chi connectivity index (χ0n) is 9.39. The number of hydrogen-bond donors (Lipinski definition) is 0. The fraction of sp³-hybridized carbons (Fsp3) is 0.417.